The van der Waals surface area contributed by atoms with Crippen LogP contribution < -0.4 is 9.47 Å². The fraction of sp³-hybridized carbons (Fsp3) is 0.143. The van der Waals surface area contributed by atoms with Crippen molar-refractivity contribution in [1.29, 1.82) is 0 Å². The summed E-state index contributed by atoms with van der Waals surface area (Å²) >= 11 is 0. The standard InChI is InChI=1S/C21H19O3/c1-23-19-14-8-6-12-17(19)21(22,16-10-4-3-5-11-16)18-13-7-9-15-20(18)24-2/h3-15H,1-2H3. The minimum Gasteiger partial charge on any atom is -0.496 e. The molecule has 3 aromatic rings. The largest absolute Gasteiger partial charge is 0.496 e. The fourth-order valence-corrected chi connectivity index (χ4v) is 3.00. The van der Waals surface area contributed by atoms with E-state index in [-0.39, 0.29) is 0 Å². The van der Waals surface area contributed by atoms with Crippen LogP contribution in [0.4, 0.5) is 0 Å². The van der Waals surface area contributed by atoms with E-state index in [1.165, 1.54) is 0 Å². The van der Waals surface area contributed by atoms with Crippen LogP contribution in [0.2, 0.25) is 0 Å². The molecule has 3 heteroatoms. The van der Waals surface area contributed by atoms with Gasteiger partial charge in [0.2, 0.25) is 0 Å². The first-order chi connectivity index (χ1) is 11.7. The lowest BCUT2D eigenvalue weighted by molar-refractivity contribution is 0.0369. The first-order valence-corrected chi connectivity index (χ1v) is 7.74. The minimum absolute atomic E-state index is 0.558. The number of methoxy groups -OCH3 is 2. The average Bonchev–Trinajstić information content (AvgIpc) is 2.68. The predicted molar refractivity (Wildman–Crippen MR) is 93.0 cm³/mol. The molecule has 121 valence electrons. The summed E-state index contributed by atoms with van der Waals surface area (Å²) in [7, 11) is 3.15. The number of hydrogen-bond acceptors (Lipinski definition) is 2. The van der Waals surface area contributed by atoms with Crippen molar-refractivity contribution in [3.05, 3.63) is 95.6 Å². The van der Waals surface area contributed by atoms with Crippen molar-refractivity contribution in [2.75, 3.05) is 14.2 Å². The third-order valence-electron chi connectivity index (χ3n) is 4.15. The number of para-hydroxylation sites is 2. The number of hydrogen-bond donors (Lipinski definition) is 0. The van der Waals surface area contributed by atoms with Crippen LogP contribution in [0, 0.1) is 0 Å². The Morgan fingerprint density at radius 1 is 0.625 bits per heavy atom. The van der Waals surface area contributed by atoms with Crippen LogP contribution in [-0.4, -0.2) is 14.2 Å². The highest BCUT2D eigenvalue weighted by atomic mass is 16.5. The van der Waals surface area contributed by atoms with Crippen LogP contribution >= 0.6 is 0 Å². The molecule has 0 fully saturated rings. The summed E-state index contributed by atoms with van der Waals surface area (Å²) in [4.78, 5) is 0. The molecule has 24 heavy (non-hydrogen) atoms. The Kier molecular flexibility index (Phi) is 4.54. The number of benzene rings is 3. The molecule has 1 radical (unpaired) electrons. The molecule has 0 saturated carbocycles. The van der Waals surface area contributed by atoms with Gasteiger partial charge in [-0.3, -0.25) is 0 Å². The van der Waals surface area contributed by atoms with E-state index in [4.69, 9.17) is 9.47 Å². The summed E-state index contributed by atoms with van der Waals surface area (Å²) in [6.07, 6.45) is 0. The van der Waals surface area contributed by atoms with E-state index in [1.807, 2.05) is 66.7 Å². The van der Waals surface area contributed by atoms with Gasteiger partial charge in [0, 0.05) is 11.1 Å². The van der Waals surface area contributed by atoms with Gasteiger partial charge in [0.05, 0.1) is 14.2 Å². The van der Waals surface area contributed by atoms with Gasteiger partial charge in [-0.25, -0.2) is 5.11 Å². The summed E-state index contributed by atoms with van der Waals surface area (Å²) in [5.41, 5.74) is 0.117. The van der Waals surface area contributed by atoms with Crippen molar-refractivity contribution in [3.63, 3.8) is 0 Å². The Hall–Kier alpha value is -2.78. The monoisotopic (exact) mass is 319 g/mol. The molecule has 0 spiro atoms. The Morgan fingerprint density at radius 3 is 1.50 bits per heavy atom. The molecule has 0 atom stereocenters. The van der Waals surface area contributed by atoms with Crippen molar-refractivity contribution in [3.8, 4) is 11.5 Å². The molecule has 0 heterocycles. The number of rotatable bonds is 5. The molecular formula is C21H19O3. The molecule has 0 unspecified atom stereocenters. The highest BCUT2D eigenvalue weighted by Crippen LogP contribution is 2.44. The maximum absolute atomic E-state index is 14.3. The van der Waals surface area contributed by atoms with E-state index in [0.717, 1.165) is 0 Å². The molecule has 0 bridgehead atoms. The quantitative estimate of drug-likeness (QED) is 0.653. The van der Waals surface area contributed by atoms with E-state index in [9.17, 15) is 5.11 Å². The summed E-state index contributed by atoms with van der Waals surface area (Å²) in [6, 6.07) is 24.0. The highest BCUT2D eigenvalue weighted by molar-refractivity contribution is 5.56. The van der Waals surface area contributed by atoms with E-state index >= 15 is 0 Å². The maximum atomic E-state index is 14.3. The van der Waals surface area contributed by atoms with Gasteiger partial charge in [0.1, 0.15) is 11.5 Å². The second kappa shape index (κ2) is 6.77. The zero-order valence-corrected chi connectivity index (χ0v) is 13.7. The van der Waals surface area contributed by atoms with Gasteiger partial charge in [-0.05, 0) is 17.7 Å². The zero-order valence-electron chi connectivity index (χ0n) is 13.7. The molecule has 3 nitrogen and oxygen atoms in total. The Labute approximate surface area is 142 Å². The van der Waals surface area contributed by atoms with Gasteiger partial charge in [-0.15, -0.1) is 0 Å². The molecule has 0 amide bonds. The molecule has 0 aliphatic heterocycles. The van der Waals surface area contributed by atoms with Crippen LogP contribution in [-0.2, 0) is 10.7 Å². The Bertz CT molecular complexity index is 765. The lowest BCUT2D eigenvalue weighted by atomic mass is 9.79. The van der Waals surface area contributed by atoms with Crippen molar-refractivity contribution >= 4 is 0 Å². The molecule has 0 saturated heterocycles. The van der Waals surface area contributed by atoms with E-state index in [1.54, 1.807) is 26.4 Å². The second-order valence-corrected chi connectivity index (χ2v) is 5.45. The molecular weight excluding hydrogens is 300 g/mol. The fourth-order valence-electron chi connectivity index (χ4n) is 3.00. The maximum Gasteiger partial charge on any atom is 0.186 e. The lowest BCUT2D eigenvalue weighted by Gasteiger charge is -2.30. The smallest absolute Gasteiger partial charge is 0.186 e. The van der Waals surface area contributed by atoms with Crippen LogP contribution in [0.5, 0.6) is 11.5 Å². The summed E-state index contributed by atoms with van der Waals surface area (Å²) < 4.78 is 10.9. The first kappa shape index (κ1) is 16.1. The first-order valence-electron chi connectivity index (χ1n) is 7.74. The normalized spacial score (nSPS) is 11.1. The molecule has 3 rings (SSSR count). The van der Waals surface area contributed by atoms with Gasteiger partial charge in [-0.2, -0.15) is 0 Å². The van der Waals surface area contributed by atoms with Crippen LogP contribution in [0.3, 0.4) is 0 Å². The van der Waals surface area contributed by atoms with E-state index in [0.29, 0.717) is 28.2 Å². The minimum atomic E-state index is -1.64. The molecule has 0 N–H and O–H groups in total. The summed E-state index contributed by atoms with van der Waals surface area (Å²) in [6.45, 7) is 0. The second-order valence-electron chi connectivity index (χ2n) is 5.45. The summed E-state index contributed by atoms with van der Waals surface area (Å²) in [5.74, 6) is 1.12. The summed E-state index contributed by atoms with van der Waals surface area (Å²) in [5, 5.41) is 14.3. The van der Waals surface area contributed by atoms with Gasteiger partial charge >= 0.3 is 0 Å². The van der Waals surface area contributed by atoms with Gasteiger partial charge < -0.3 is 9.47 Å². The van der Waals surface area contributed by atoms with E-state index in [2.05, 4.69) is 0 Å². The van der Waals surface area contributed by atoms with Crippen molar-refractivity contribution in [2.24, 2.45) is 0 Å². The van der Waals surface area contributed by atoms with Crippen LogP contribution in [0.1, 0.15) is 16.7 Å². The average molecular weight is 319 g/mol. The van der Waals surface area contributed by atoms with Crippen molar-refractivity contribution < 1.29 is 14.6 Å². The lowest BCUT2D eigenvalue weighted by Crippen LogP contribution is -2.28. The predicted octanol–water partition coefficient (Wildman–Crippen LogP) is 4.43. The van der Waals surface area contributed by atoms with Crippen LogP contribution in [0.15, 0.2) is 78.9 Å². The van der Waals surface area contributed by atoms with E-state index < -0.39 is 5.60 Å². The third-order valence-corrected chi connectivity index (χ3v) is 4.15. The third kappa shape index (κ3) is 2.63. The van der Waals surface area contributed by atoms with Crippen molar-refractivity contribution in [2.45, 2.75) is 5.60 Å². The molecule has 0 aliphatic carbocycles. The number of ether oxygens (including phenoxy) is 2. The molecule has 3 aromatic carbocycles. The molecule has 0 aliphatic rings. The SMILES string of the molecule is COc1ccccc1C([O])(c1ccccc1)c1ccccc1OC. The van der Waals surface area contributed by atoms with Crippen molar-refractivity contribution in [1.82, 2.24) is 0 Å². The topological polar surface area (TPSA) is 38.4 Å². The van der Waals surface area contributed by atoms with Gasteiger partial charge in [-0.1, -0.05) is 66.7 Å². The highest BCUT2D eigenvalue weighted by Gasteiger charge is 2.40. The Morgan fingerprint density at radius 2 is 1.04 bits per heavy atom. The van der Waals surface area contributed by atoms with Crippen LogP contribution in [0.25, 0.3) is 0 Å². The molecule has 0 aromatic heterocycles. The zero-order chi connectivity index (χ0) is 17.0. The van der Waals surface area contributed by atoms with Gasteiger partial charge in [0.25, 0.3) is 0 Å². The Balaban J connectivity index is 2.34. The van der Waals surface area contributed by atoms with Gasteiger partial charge in [0.15, 0.2) is 5.60 Å².